The number of aliphatic hydroxyl groups excluding tert-OH is 2. The summed E-state index contributed by atoms with van der Waals surface area (Å²) in [7, 11) is 1.51. The van der Waals surface area contributed by atoms with Gasteiger partial charge in [0, 0.05) is 12.5 Å². The van der Waals surface area contributed by atoms with Gasteiger partial charge in [0.2, 0.25) is 0 Å². The van der Waals surface area contributed by atoms with Gasteiger partial charge in [0.25, 0.3) is 0 Å². The lowest BCUT2D eigenvalue weighted by Crippen LogP contribution is -2.62. The van der Waals surface area contributed by atoms with Crippen molar-refractivity contribution in [3.63, 3.8) is 0 Å². The SMILES string of the molecule is CO[C@@H]1[C@@H](O)[C@H](OC2CC[C@@]3(C)C(CC[C@@H]4[C@H]3CC[C@]3(C)C(c5cccc(C)c5)CC[C@@]43O)C2)O[C@H](C)[C@H]1O. The summed E-state index contributed by atoms with van der Waals surface area (Å²) in [6, 6.07) is 8.98. The molecule has 5 aliphatic rings. The summed E-state index contributed by atoms with van der Waals surface area (Å²) in [5, 5.41) is 33.7. The van der Waals surface area contributed by atoms with Crippen LogP contribution < -0.4 is 0 Å². The summed E-state index contributed by atoms with van der Waals surface area (Å²) in [5.41, 5.74) is 2.25. The van der Waals surface area contributed by atoms with Crippen LogP contribution in [0.1, 0.15) is 95.6 Å². The third kappa shape index (κ3) is 4.27. The van der Waals surface area contributed by atoms with Gasteiger partial charge in [-0.2, -0.15) is 0 Å². The van der Waals surface area contributed by atoms with Crippen LogP contribution in [-0.2, 0) is 14.2 Å². The molecular weight excluding hydrogens is 492 g/mol. The van der Waals surface area contributed by atoms with Crippen molar-refractivity contribution < 1.29 is 29.5 Å². The van der Waals surface area contributed by atoms with E-state index in [1.807, 2.05) is 0 Å². The van der Waals surface area contributed by atoms with E-state index in [0.29, 0.717) is 23.7 Å². The second kappa shape index (κ2) is 10.1. The molecule has 6 nitrogen and oxygen atoms in total. The largest absolute Gasteiger partial charge is 0.389 e. The molecule has 0 bridgehead atoms. The Morgan fingerprint density at radius 3 is 2.49 bits per heavy atom. The summed E-state index contributed by atoms with van der Waals surface area (Å²) >= 11 is 0. The molecule has 0 spiro atoms. The number of hydrogen-bond donors (Lipinski definition) is 3. The third-order valence-electron chi connectivity index (χ3n) is 12.6. The molecule has 1 aliphatic heterocycles. The van der Waals surface area contributed by atoms with Gasteiger partial charge in [0.15, 0.2) is 6.29 Å². The number of aryl methyl sites for hydroxylation is 1. The van der Waals surface area contributed by atoms with Crippen LogP contribution in [0.3, 0.4) is 0 Å². The van der Waals surface area contributed by atoms with Gasteiger partial charge >= 0.3 is 0 Å². The Labute approximate surface area is 234 Å². The molecule has 0 radical (unpaired) electrons. The molecule has 5 fully saturated rings. The van der Waals surface area contributed by atoms with Crippen LogP contribution in [0.5, 0.6) is 0 Å². The van der Waals surface area contributed by atoms with Crippen molar-refractivity contribution in [2.24, 2.45) is 28.6 Å². The summed E-state index contributed by atoms with van der Waals surface area (Å²) in [5.74, 6) is 1.87. The Balaban J connectivity index is 1.17. The van der Waals surface area contributed by atoms with Gasteiger partial charge in [-0.25, -0.2) is 0 Å². The Hall–Kier alpha value is -1.02. The van der Waals surface area contributed by atoms with E-state index in [1.54, 1.807) is 6.92 Å². The number of rotatable bonds is 4. The standard InChI is InChI=1S/C33H50O6/c1-19-7-6-8-21(17-19)24-13-16-33(36)26-10-9-22-18-23(11-14-31(22,3)25(26)12-15-32(24,33)4)39-30-28(35)29(37-5)27(34)20(2)38-30/h6-8,17,20,22-30,34-36H,9-16,18H2,1-5H3/t20-,22?,23?,24?,25-,26-,27-,28-,29+,30+,31+,32-,33-/m1/s1. The summed E-state index contributed by atoms with van der Waals surface area (Å²) in [6.45, 7) is 8.86. The predicted octanol–water partition coefficient (Wildman–Crippen LogP) is 5.10. The van der Waals surface area contributed by atoms with Crippen molar-refractivity contribution in [3.05, 3.63) is 35.4 Å². The van der Waals surface area contributed by atoms with Crippen LogP contribution >= 0.6 is 0 Å². The van der Waals surface area contributed by atoms with Crippen molar-refractivity contribution in [1.29, 1.82) is 0 Å². The minimum Gasteiger partial charge on any atom is -0.389 e. The van der Waals surface area contributed by atoms with Gasteiger partial charge in [-0.3, -0.25) is 0 Å². The Bertz CT molecular complexity index is 1050. The molecule has 6 heteroatoms. The van der Waals surface area contributed by atoms with Crippen LogP contribution in [0.25, 0.3) is 0 Å². The number of ether oxygens (including phenoxy) is 3. The Kier molecular flexibility index (Phi) is 7.25. The molecule has 4 aliphatic carbocycles. The molecule has 4 saturated carbocycles. The summed E-state index contributed by atoms with van der Waals surface area (Å²) in [4.78, 5) is 0. The molecule has 0 aromatic heterocycles. The molecule has 3 N–H and O–H groups in total. The molecule has 1 saturated heterocycles. The molecule has 1 aromatic carbocycles. The fourth-order valence-electron chi connectivity index (χ4n) is 10.3. The Morgan fingerprint density at radius 1 is 0.949 bits per heavy atom. The number of fused-ring (bicyclic) bond motifs is 5. The highest BCUT2D eigenvalue weighted by Crippen LogP contribution is 2.70. The maximum atomic E-state index is 12.6. The summed E-state index contributed by atoms with van der Waals surface area (Å²) in [6.07, 6.45) is 5.62. The molecule has 0 amide bonds. The first kappa shape index (κ1) is 28.1. The fourth-order valence-corrected chi connectivity index (χ4v) is 10.3. The lowest BCUT2D eigenvalue weighted by atomic mass is 9.43. The van der Waals surface area contributed by atoms with Crippen LogP contribution in [0.15, 0.2) is 24.3 Å². The van der Waals surface area contributed by atoms with E-state index in [-0.39, 0.29) is 16.9 Å². The minimum atomic E-state index is -1.01. The van der Waals surface area contributed by atoms with E-state index < -0.39 is 36.3 Å². The van der Waals surface area contributed by atoms with Crippen LogP contribution in [-0.4, -0.2) is 64.8 Å². The first-order valence-corrected chi connectivity index (χ1v) is 15.5. The van der Waals surface area contributed by atoms with E-state index in [0.717, 1.165) is 51.4 Å². The highest BCUT2D eigenvalue weighted by Gasteiger charge is 2.67. The highest BCUT2D eigenvalue weighted by atomic mass is 16.7. The van der Waals surface area contributed by atoms with E-state index >= 15 is 0 Å². The van der Waals surface area contributed by atoms with Crippen molar-refractivity contribution >= 4 is 0 Å². The number of aliphatic hydroxyl groups is 3. The highest BCUT2D eigenvalue weighted by molar-refractivity contribution is 5.32. The van der Waals surface area contributed by atoms with Gasteiger partial charge < -0.3 is 29.5 Å². The Morgan fingerprint density at radius 2 is 1.74 bits per heavy atom. The third-order valence-corrected chi connectivity index (χ3v) is 12.6. The van der Waals surface area contributed by atoms with Gasteiger partial charge in [-0.1, -0.05) is 43.7 Å². The molecular formula is C33H50O6. The zero-order valence-corrected chi connectivity index (χ0v) is 24.5. The number of hydrogen-bond acceptors (Lipinski definition) is 6. The maximum Gasteiger partial charge on any atom is 0.186 e. The van der Waals surface area contributed by atoms with Crippen LogP contribution in [0.2, 0.25) is 0 Å². The van der Waals surface area contributed by atoms with Gasteiger partial charge in [0.1, 0.15) is 18.3 Å². The molecule has 6 rings (SSSR count). The van der Waals surface area contributed by atoms with Crippen molar-refractivity contribution in [2.75, 3.05) is 7.11 Å². The van der Waals surface area contributed by atoms with E-state index in [2.05, 4.69) is 45.0 Å². The number of benzene rings is 1. The average molecular weight is 543 g/mol. The molecule has 13 atom stereocenters. The second-order valence-corrected chi connectivity index (χ2v) is 14.3. The van der Waals surface area contributed by atoms with Gasteiger partial charge in [-0.15, -0.1) is 0 Å². The number of methoxy groups -OCH3 is 1. The lowest BCUT2D eigenvalue weighted by Gasteiger charge is -2.64. The second-order valence-electron chi connectivity index (χ2n) is 14.3. The normalized spacial score (nSPS) is 51.6. The minimum absolute atomic E-state index is 0.0216. The van der Waals surface area contributed by atoms with Crippen LogP contribution in [0.4, 0.5) is 0 Å². The van der Waals surface area contributed by atoms with E-state index in [9.17, 15) is 15.3 Å². The van der Waals surface area contributed by atoms with Gasteiger partial charge in [-0.05, 0) is 106 Å². The first-order chi connectivity index (χ1) is 18.5. The van der Waals surface area contributed by atoms with Crippen LogP contribution in [0, 0.1) is 35.5 Å². The van der Waals surface area contributed by atoms with E-state index in [4.69, 9.17) is 14.2 Å². The fraction of sp³-hybridized carbons (Fsp3) is 0.818. The van der Waals surface area contributed by atoms with Crippen molar-refractivity contribution in [2.45, 2.75) is 134 Å². The molecule has 3 unspecified atom stereocenters. The topological polar surface area (TPSA) is 88.4 Å². The molecule has 1 aromatic rings. The molecule has 1 heterocycles. The maximum absolute atomic E-state index is 12.6. The van der Waals surface area contributed by atoms with Crippen molar-refractivity contribution in [1.82, 2.24) is 0 Å². The summed E-state index contributed by atoms with van der Waals surface area (Å²) < 4.78 is 17.6. The smallest absolute Gasteiger partial charge is 0.186 e. The molecule has 39 heavy (non-hydrogen) atoms. The molecule has 218 valence electrons. The quantitative estimate of drug-likeness (QED) is 0.459. The monoisotopic (exact) mass is 542 g/mol. The van der Waals surface area contributed by atoms with Gasteiger partial charge in [0.05, 0.1) is 17.8 Å². The average Bonchev–Trinajstić information content (AvgIpc) is 3.19. The lowest BCUT2D eigenvalue weighted by molar-refractivity contribution is -0.313. The van der Waals surface area contributed by atoms with E-state index in [1.165, 1.54) is 24.7 Å². The zero-order chi connectivity index (χ0) is 27.7. The first-order valence-electron chi connectivity index (χ1n) is 15.5. The van der Waals surface area contributed by atoms with Crippen molar-refractivity contribution in [3.8, 4) is 0 Å². The zero-order valence-electron chi connectivity index (χ0n) is 24.5. The predicted molar refractivity (Wildman–Crippen MR) is 149 cm³/mol.